The van der Waals surface area contributed by atoms with Gasteiger partial charge in [0.1, 0.15) is 0 Å². The molecule has 15 heavy (non-hydrogen) atoms. The highest BCUT2D eigenvalue weighted by molar-refractivity contribution is 4.79. The molecule has 0 saturated carbocycles. The molecule has 3 nitrogen and oxygen atoms in total. The molecule has 2 aliphatic heterocycles. The van der Waals surface area contributed by atoms with Crippen LogP contribution in [0.5, 0.6) is 0 Å². The summed E-state index contributed by atoms with van der Waals surface area (Å²) >= 11 is 0. The molecule has 2 heterocycles. The largest absolute Gasteiger partial charge is 0.379 e. The lowest BCUT2D eigenvalue weighted by Gasteiger charge is -2.34. The van der Waals surface area contributed by atoms with Gasteiger partial charge in [-0.1, -0.05) is 0 Å². The van der Waals surface area contributed by atoms with Gasteiger partial charge in [-0.3, -0.25) is 0 Å². The van der Waals surface area contributed by atoms with Crippen molar-refractivity contribution in [2.45, 2.75) is 31.8 Å². The molecule has 1 N–H and O–H groups in total. The molecule has 0 aromatic carbocycles. The van der Waals surface area contributed by atoms with Crippen molar-refractivity contribution in [3.8, 4) is 0 Å². The Kier molecular flexibility index (Phi) is 4.42. The molecule has 2 atom stereocenters. The summed E-state index contributed by atoms with van der Waals surface area (Å²) in [6.07, 6.45) is 5.54. The number of methoxy groups -OCH3 is 1. The molecule has 2 unspecified atom stereocenters. The highest BCUT2D eigenvalue weighted by atomic mass is 16.5. The highest BCUT2D eigenvalue weighted by Gasteiger charge is 2.28. The Labute approximate surface area is 92.5 Å². The highest BCUT2D eigenvalue weighted by Crippen LogP contribution is 2.28. The van der Waals surface area contributed by atoms with Gasteiger partial charge in [-0.2, -0.15) is 0 Å². The average Bonchev–Trinajstić information content (AvgIpc) is 2.31. The summed E-state index contributed by atoms with van der Waals surface area (Å²) in [4.78, 5) is 0. The number of rotatable bonds is 3. The molecule has 3 heteroatoms. The van der Waals surface area contributed by atoms with E-state index in [1.807, 2.05) is 7.11 Å². The third kappa shape index (κ3) is 3.16. The molecular formula is C12H23NO2. The summed E-state index contributed by atoms with van der Waals surface area (Å²) in [6, 6.07) is 0. The van der Waals surface area contributed by atoms with Gasteiger partial charge in [0.2, 0.25) is 0 Å². The van der Waals surface area contributed by atoms with Crippen LogP contribution in [0.4, 0.5) is 0 Å². The van der Waals surface area contributed by atoms with E-state index in [0.717, 1.165) is 25.0 Å². The number of hydrogen-bond acceptors (Lipinski definition) is 3. The van der Waals surface area contributed by atoms with Crippen LogP contribution in [-0.4, -0.2) is 39.5 Å². The maximum absolute atomic E-state index is 5.50. The van der Waals surface area contributed by atoms with Crippen LogP contribution in [0.1, 0.15) is 25.7 Å². The molecule has 0 amide bonds. The van der Waals surface area contributed by atoms with Crippen LogP contribution in [0.25, 0.3) is 0 Å². The minimum atomic E-state index is 0.341. The zero-order valence-corrected chi connectivity index (χ0v) is 9.71. The first-order chi connectivity index (χ1) is 7.40. The first kappa shape index (κ1) is 11.4. The second kappa shape index (κ2) is 5.83. The Morgan fingerprint density at radius 2 is 2.07 bits per heavy atom. The van der Waals surface area contributed by atoms with E-state index in [2.05, 4.69) is 5.32 Å². The summed E-state index contributed by atoms with van der Waals surface area (Å²) in [5.74, 6) is 1.64. The zero-order chi connectivity index (χ0) is 10.5. The van der Waals surface area contributed by atoms with Crippen molar-refractivity contribution >= 4 is 0 Å². The molecular weight excluding hydrogens is 190 g/mol. The Morgan fingerprint density at radius 1 is 1.27 bits per heavy atom. The van der Waals surface area contributed by atoms with E-state index in [0.29, 0.717) is 6.10 Å². The molecule has 0 aliphatic carbocycles. The number of nitrogens with one attached hydrogen (secondary N) is 1. The molecule has 2 fully saturated rings. The Bertz CT molecular complexity index is 180. The molecule has 0 aromatic heterocycles. The van der Waals surface area contributed by atoms with E-state index < -0.39 is 0 Å². The number of ether oxygens (including phenoxy) is 2. The Balaban J connectivity index is 1.79. The van der Waals surface area contributed by atoms with E-state index in [9.17, 15) is 0 Å². The van der Waals surface area contributed by atoms with Gasteiger partial charge in [-0.05, 0) is 50.6 Å². The van der Waals surface area contributed by atoms with Crippen LogP contribution in [0.3, 0.4) is 0 Å². The van der Waals surface area contributed by atoms with Crippen molar-refractivity contribution in [3.05, 3.63) is 0 Å². The Morgan fingerprint density at radius 3 is 2.80 bits per heavy atom. The van der Waals surface area contributed by atoms with E-state index >= 15 is 0 Å². The molecule has 88 valence electrons. The summed E-state index contributed by atoms with van der Waals surface area (Å²) < 4.78 is 11.0. The van der Waals surface area contributed by atoms with Crippen LogP contribution >= 0.6 is 0 Å². The fraction of sp³-hybridized carbons (Fsp3) is 1.00. The van der Waals surface area contributed by atoms with Crippen LogP contribution in [0, 0.1) is 11.8 Å². The van der Waals surface area contributed by atoms with Crippen LogP contribution < -0.4 is 5.32 Å². The van der Waals surface area contributed by atoms with Gasteiger partial charge >= 0.3 is 0 Å². The van der Waals surface area contributed by atoms with Gasteiger partial charge in [0.15, 0.2) is 0 Å². The average molecular weight is 213 g/mol. The van der Waals surface area contributed by atoms with Crippen molar-refractivity contribution in [1.82, 2.24) is 5.32 Å². The van der Waals surface area contributed by atoms with E-state index in [1.54, 1.807) is 0 Å². The minimum Gasteiger partial charge on any atom is -0.379 e. The van der Waals surface area contributed by atoms with Crippen LogP contribution in [0.2, 0.25) is 0 Å². The van der Waals surface area contributed by atoms with Crippen molar-refractivity contribution in [2.24, 2.45) is 11.8 Å². The lowest BCUT2D eigenvalue weighted by Crippen LogP contribution is -2.37. The lowest BCUT2D eigenvalue weighted by molar-refractivity contribution is -0.0718. The predicted octanol–water partition coefficient (Wildman–Crippen LogP) is 1.43. The van der Waals surface area contributed by atoms with Gasteiger partial charge in [0, 0.05) is 13.7 Å². The van der Waals surface area contributed by atoms with Gasteiger partial charge in [0.05, 0.1) is 12.7 Å². The van der Waals surface area contributed by atoms with Gasteiger partial charge in [-0.25, -0.2) is 0 Å². The first-order valence-electron chi connectivity index (χ1n) is 6.21. The number of hydrogen-bond donors (Lipinski definition) is 1. The second-order valence-corrected chi connectivity index (χ2v) is 4.83. The summed E-state index contributed by atoms with van der Waals surface area (Å²) in [7, 11) is 1.81. The van der Waals surface area contributed by atoms with Crippen LogP contribution in [0.15, 0.2) is 0 Å². The van der Waals surface area contributed by atoms with E-state index in [-0.39, 0.29) is 0 Å². The lowest BCUT2D eigenvalue weighted by atomic mass is 9.83. The fourth-order valence-electron chi connectivity index (χ4n) is 2.83. The zero-order valence-electron chi connectivity index (χ0n) is 9.71. The minimum absolute atomic E-state index is 0.341. The summed E-state index contributed by atoms with van der Waals surface area (Å²) in [5, 5.41) is 3.42. The quantitative estimate of drug-likeness (QED) is 0.769. The molecule has 2 saturated heterocycles. The standard InChI is InChI=1S/C12H23NO2/c1-14-12-9-15-7-4-11(12)8-10-2-5-13-6-3-10/h10-13H,2-9H2,1H3. The topological polar surface area (TPSA) is 30.5 Å². The molecule has 0 spiro atoms. The maximum atomic E-state index is 5.50. The van der Waals surface area contributed by atoms with Crippen LogP contribution in [-0.2, 0) is 9.47 Å². The summed E-state index contributed by atoms with van der Waals surface area (Å²) in [6.45, 7) is 4.12. The van der Waals surface area contributed by atoms with E-state index in [1.165, 1.54) is 38.8 Å². The SMILES string of the molecule is COC1COCCC1CC1CCNCC1. The molecule has 0 bridgehead atoms. The first-order valence-corrected chi connectivity index (χ1v) is 6.21. The fourth-order valence-corrected chi connectivity index (χ4v) is 2.83. The van der Waals surface area contributed by atoms with Crippen molar-refractivity contribution in [3.63, 3.8) is 0 Å². The van der Waals surface area contributed by atoms with Gasteiger partial charge < -0.3 is 14.8 Å². The van der Waals surface area contributed by atoms with Crippen molar-refractivity contribution < 1.29 is 9.47 Å². The Hall–Kier alpha value is -0.120. The maximum Gasteiger partial charge on any atom is 0.0833 e. The second-order valence-electron chi connectivity index (χ2n) is 4.83. The van der Waals surface area contributed by atoms with E-state index in [4.69, 9.17) is 9.47 Å². The normalized spacial score (nSPS) is 34.2. The smallest absolute Gasteiger partial charge is 0.0833 e. The summed E-state index contributed by atoms with van der Waals surface area (Å²) in [5.41, 5.74) is 0. The molecule has 2 aliphatic rings. The third-order valence-electron chi connectivity index (χ3n) is 3.84. The molecule has 0 aromatic rings. The third-order valence-corrected chi connectivity index (χ3v) is 3.84. The van der Waals surface area contributed by atoms with Crippen molar-refractivity contribution in [2.75, 3.05) is 33.4 Å². The molecule has 2 rings (SSSR count). The van der Waals surface area contributed by atoms with Gasteiger partial charge in [0.25, 0.3) is 0 Å². The van der Waals surface area contributed by atoms with Gasteiger partial charge in [-0.15, -0.1) is 0 Å². The molecule has 0 radical (unpaired) electrons. The predicted molar refractivity (Wildman–Crippen MR) is 59.9 cm³/mol. The number of piperidine rings is 1. The van der Waals surface area contributed by atoms with Crippen molar-refractivity contribution in [1.29, 1.82) is 0 Å². The monoisotopic (exact) mass is 213 g/mol.